The molecule has 3 rings (SSSR count). The van der Waals surface area contributed by atoms with Gasteiger partial charge in [0.25, 0.3) is 0 Å². The van der Waals surface area contributed by atoms with Gasteiger partial charge in [-0.1, -0.05) is 55.3 Å². The molecule has 0 aromatic heterocycles. The molecule has 0 saturated heterocycles. The molecule has 1 atom stereocenters. The van der Waals surface area contributed by atoms with Crippen molar-refractivity contribution in [2.75, 3.05) is 13.2 Å². The van der Waals surface area contributed by atoms with Crippen LogP contribution in [0.5, 0.6) is 5.75 Å². The van der Waals surface area contributed by atoms with E-state index < -0.39 is 17.8 Å². The molecule has 0 saturated carbocycles. The molecule has 2 aromatic rings. The van der Waals surface area contributed by atoms with Crippen LogP contribution in [0.1, 0.15) is 68.1 Å². The van der Waals surface area contributed by atoms with Crippen molar-refractivity contribution in [1.29, 1.82) is 0 Å². The smallest absolute Gasteiger partial charge is 0.303 e. The number of aliphatic carboxylic acids is 2. The van der Waals surface area contributed by atoms with Gasteiger partial charge in [-0.25, -0.2) is 4.39 Å². The summed E-state index contributed by atoms with van der Waals surface area (Å²) in [6.07, 6.45) is 8.78. The minimum Gasteiger partial charge on any atom is -0.493 e. The first kappa shape index (κ1) is 30.8. The first-order valence-corrected chi connectivity index (χ1v) is 14.5. The zero-order chi connectivity index (χ0) is 28.1. The summed E-state index contributed by atoms with van der Waals surface area (Å²) < 4.78 is 27.8. The van der Waals surface area contributed by atoms with Crippen molar-refractivity contribution in [3.8, 4) is 5.75 Å². The van der Waals surface area contributed by atoms with Crippen molar-refractivity contribution in [3.05, 3.63) is 81.0 Å². The van der Waals surface area contributed by atoms with Crippen LogP contribution in [-0.2, 0) is 27.2 Å². The summed E-state index contributed by atoms with van der Waals surface area (Å²) in [6, 6.07) is 15.5. The highest BCUT2D eigenvalue weighted by Crippen LogP contribution is 2.38. The second-order valence-electron chi connectivity index (χ2n) is 9.67. The summed E-state index contributed by atoms with van der Waals surface area (Å²) in [5.41, 5.74) is 3.85. The molecule has 2 aromatic carbocycles. The van der Waals surface area contributed by atoms with E-state index in [1.165, 1.54) is 0 Å². The van der Waals surface area contributed by atoms with Crippen molar-refractivity contribution in [2.24, 2.45) is 0 Å². The maximum absolute atomic E-state index is 15.5. The third-order valence-corrected chi connectivity index (χ3v) is 7.16. The molecule has 6 nitrogen and oxygen atoms in total. The summed E-state index contributed by atoms with van der Waals surface area (Å²) >= 11 is 2.13. The summed E-state index contributed by atoms with van der Waals surface area (Å²) in [7, 11) is 0. The lowest BCUT2D eigenvalue weighted by Gasteiger charge is -2.27. The van der Waals surface area contributed by atoms with Gasteiger partial charge in [0.05, 0.1) is 13.2 Å². The average Bonchev–Trinajstić information content (AvgIpc) is 2.89. The van der Waals surface area contributed by atoms with Gasteiger partial charge in [0, 0.05) is 22.8 Å². The van der Waals surface area contributed by atoms with Gasteiger partial charge in [-0.3, -0.25) is 9.59 Å². The molecule has 39 heavy (non-hydrogen) atoms. The van der Waals surface area contributed by atoms with Crippen molar-refractivity contribution in [3.63, 3.8) is 0 Å². The maximum Gasteiger partial charge on any atom is 0.303 e. The van der Waals surface area contributed by atoms with E-state index >= 15 is 4.39 Å². The van der Waals surface area contributed by atoms with E-state index in [-0.39, 0.29) is 25.9 Å². The Kier molecular flexibility index (Phi) is 12.5. The molecule has 0 spiro atoms. The van der Waals surface area contributed by atoms with Crippen LogP contribution in [0.4, 0.5) is 4.39 Å². The van der Waals surface area contributed by atoms with Crippen molar-refractivity contribution >= 4 is 40.1 Å². The summed E-state index contributed by atoms with van der Waals surface area (Å²) in [6.45, 7) is 0.602. The van der Waals surface area contributed by atoms with Gasteiger partial charge in [-0.2, -0.15) is 0 Å². The van der Waals surface area contributed by atoms with Gasteiger partial charge >= 0.3 is 11.9 Å². The highest BCUT2D eigenvalue weighted by Gasteiger charge is 2.32. The number of ether oxygens (including phenoxy) is 2. The molecular formula is C31H36FIO6. The minimum atomic E-state index is -1.81. The number of hydrogen-bond donors (Lipinski definition) is 2. The van der Waals surface area contributed by atoms with Crippen LogP contribution in [0.3, 0.4) is 0 Å². The van der Waals surface area contributed by atoms with Crippen LogP contribution >= 0.6 is 22.6 Å². The Morgan fingerprint density at radius 2 is 1.62 bits per heavy atom. The first-order valence-electron chi connectivity index (χ1n) is 13.4. The molecule has 0 heterocycles. The standard InChI is InChI=1S/C31H36FIO6/c32-31(21-25(20-26(33)22-31)23-10-5-3-6-11-23)39-19-7-2-1-4-12-24-13-8-14-28(27(24)16-17-30(36)37)38-18-9-15-29(34)35/h3,5-6,8,10-11,13-14,20,22H,1-2,4,7,9,12,15-19,21H2,(H,34,35)(H,36,37). The summed E-state index contributed by atoms with van der Waals surface area (Å²) in [5, 5.41) is 18.0. The molecule has 8 heteroatoms. The number of alkyl halides is 1. The van der Waals surface area contributed by atoms with Crippen LogP contribution in [0.2, 0.25) is 0 Å². The van der Waals surface area contributed by atoms with E-state index in [1.807, 2.05) is 54.6 Å². The quantitative estimate of drug-likeness (QED) is 0.136. The lowest BCUT2D eigenvalue weighted by molar-refractivity contribution is -0.138. The van der Waals surface area contributed by atoms with Gasteiger partial charge in [-0.05, 0) is 95.2 Å². The van der Waals surface area contributed by atoms with Crippen LogP contribution in [-0.4, -0.2) is 41.2 Å². The number of carbonyl (C=O) groups is 2. The lowest BCUT2D eigenvalue weighted by Crippen LogP contribution is -2.27. The number of unbranched alkanes of at least 4 members (excludes halogenated alkanes) is 3. The largest absolute Gasteiger partial charge is 0.493 e. The fraction of sp³-hybridized carbons (Fsp3) is 0.419. The average molecular weight is 651 g/mol. The molecule has 0 radical (unpaired) electrons. The molecule has 1 aliphatic rings. The summed E-state index contributed by atoms with van der Waals surface area (Å²) in [5.74, 6) is -2.93. The molecule has 2 N–H and O–H groups in total. The lowest BCUT2D eigenvalue weighted by atomic mass is 9.94. The molecule has 0 bridgehead atoms. The number of halogens is 2. The van der Waals surface area contributed by atoms with E-state index in [2.05, 4.69) is 22.6 Å². The summed E-state index contributed by atoms with van der Waals surface area (Å²) in [4.78, 5) is 21.9. The van der Waals surface area contributed by atoms with E-state index in [0.717, 1.165) is 57.9 Å². The van der Waals surface area contributed by atoms with Gasteiger partial charge in [0.15, 0.2) is 0 Å². The number of carboxylic acids is 2. The van der Waals surface area contributed by atoms with E-state index in [0.29, 0.717) is 25.2 Å². The van der Waals surface area contributed by atoms with E-state index in [9.17, 15) is 14.7 Å². The number of allylic oxidation sites excluding steroid dienone is 2. The second kappa shape index (κ2) is 15.8. The van der Waals surface area contributed by atoms with Crippen molar-refractivity contribution in [1.82, 2.24) is 0 Å². The molecule has 0 amide bonds. The number of benzene rings is 2. The van der Waals surface area contributed by atoms with Crippen LogP contribution in [0.25, 0.3) is 5.57 Å². The zero-order valence-corrected chi connectivity index (χ0v) is 24.2. The molecule has 210 valence electrons. The number of aryl methyl sites for hydroxylation is 1. The molecular weight excluding hydrogens is 614 g/mol. The van der Waals surface area contributed by atoms with Crippen LogP contribution in [0, 0.1) is 0 Å². The van der Waals surface area contributed by atoms with Gasteiger partial charge in [-0.15, -0.1) is 0 Å². The third-order valence-electron chi connectivity index (χ3n) is 6.54. The zero-order valence-electron chi connectivity index (χ0n) is 22.0. The monoisotopic (exact) mass is 650 g/mol. The Bertz CT molecular complexity index is 1160. The van der Waals surface area contributed by atoms with Crippen LogP contribution < -0.4 is 4.74 Å². The maximum atomic E-state index is 15.5. The first-order chi connectivity index (χ1) is 18.8. The SMILES string of the molecule is O=C(O)CCCOc1cccc(CCCCCCOC2(F)C=C(I)C=C(c3ccccc3)C2)c1CCC(=O)O. The third kappa shape index (κ3) is 10.8. The fourth-order valence-electron chi connectivity index (χ4n) is 4.62. The van der Waals surface area contributed by atoms with Gasteiger partial charge in [0.1, 0.15) is 5.75 Å². The van der Waals surface area contributed by atoms with E-state index in [4.69, 9.17) is 14.6 Å². The predicted octanol–water partition coefficient (Wildman–Crippen LogP) is 7.54. The van der Waals surface area contributed by atoms with Crippen LogP contribution in [0.15, 0.2) is 64.3 Å². The highest BCUT2D eigenvalue weighted by atomic mass is 127. The normalized spacial score (nSPS) is 16.9. The Hall–Kier alpha value is -2.72. The predicted molar refractivity (Wildman–Crippen MR) is 158 cm³/mol. The van der Waals surface area contributed by atoms with Crippen molar-refractivity contribution < 1.29 is 33.7 Å². The number of hydrogen-bond acceptors (Lipinski definition) is 4. The molecule has 0 fully saturated rings. The fourth-order valence-corrected chi connectivity index (χ4v) is 5.46. The highest BCUT2D eigenvalue weighted by molar-refractivity contribution is 14.1. The number of rotatable bonds is 17. The number of carboxylic acid groups (broad SMARTS) is 2. The second-order valence-corrected chi connectivity index (χ2v) is 10.9. The Labute approximate surface area is 243 Å². The Balaban J connectivity index is 1.44. The van der Waals surface area contributed by atoms with Gasteiger partial charge in [0.2, 0.25) is 5.85 Å². The molecule has 1 unspecified atom stereocenters. The van der Waals surface area contributed by atoms with E-state index in [1.54, 1.807) is 6.08 Å². The topological polar surface area (TPSA) is 93.1 Å². The van der Waals surface area contributed by atoms with Gasteiger partial charge < -0.3 is 19.7 Å². The minimum absolute atomic E-state index is 0.000618. The Morgan fingerprint density at radius 1 is 0.872 bits per heavy atom. The molecule has 1 aliphatic carbocycles. The molecule has 0 aliphatic heterocycles. The van der Waals surface area contributed by atoms with Crippen molar-refractivity contribution in [2.45, 2.75) is 70.1 Å². The Morgan fingerprint density at radius 3 is 2.36 bits per heavy atom.